The predicted octanol–water partition coefficient (Wildman–Crippen LogP) is 6.98. The molecule has 1 unspecified atom stereocenters. The summed E-state index contributed by atoms with van der Waals surface area (Å²) in [4.78, 5) is 31.0. The lowest BCUT2D eigenvalue weighted by molar-refractivity contribution is -0.119. The third-order valence-electron chi connectivity index (χ3n) is 7.12. The maximum atomic E-state index is 14.2. The molecule has 0 radical (unpaired) electrons. The molecule has 1 aliphatic rings. The summed E-state index contributed by atoms with van der Waals surface area (Å²) in [5, 5.41) is 2.98. The number of carbonyl (C=O) groups is 2. The third-order valence-corrected chi connectivity index (χ3v) is 7.12. The molecule has 0 aliphatic carbocycles. The molecular formula is C32H34N4O2. The van der Waals surface area contributed by atoms with Crippen LogP contribution in [0.2, 0.25) is 0 Å². The molecule has 3 amide bonds. The second kappa shape index (κ2) is 10.6. The van der Waals surface area contributed by atoms with Gasteiger partial charge >= 0.3 is 6.03 Å². The van der Waals surface area contributed by atoms with E-state index in [1.807, 2.05) is 110 Å². The van der Waals surface area contributed by atoms with E-state index in [1.54, 1.807) is 4.90 Å². The zero-order valence-corrected chi connectivity index (χ0v) is 22.3. The highest BCUT2D eigenvalue weighted by molar-refractivity contribution is 6.01. The van der Waals surface area contributed by atoms with E-state index in [9.17, 15) is 9.59 Å². The fourth-order valence-electron chi connectivity index (χ4n) is 5.07. The van der Waals surface area contributed by atoms with Crippen LogP contribution in [-0.2, 0) is 4.79 Å². The van der Waals surface area contributed by atoms with Crippen molar-refractivity contribution in [1.29, 1.82) is 0 Å². The molecule has 0 saturated carbocycles. The number of benzene rings is 3. The van der Waals surface area contributed by atoms with Crippen molar-refractivity contribution in [2.24, 2.45) is 0 Å². The van der Waals surface area contributed by atoms with Crippen LogP contribution in [0.25, 0.3) is 5.69 Å². The molecule has 6 heteroatoms. The van der Waals surface area contributed by atoms with Gasteiger partial charge in [0.15, 0.2) is 0 Å². The summed E-state index contributed by atoms with van der Waals surface area (Å²) in [6, 6.07) is 29.1. The standard InChI is InChI=1S/C32H34N4O2/c1-22(2)24-16-18-26(19-17-24)33-32(38)35(23(3)4)21-30(37)36-28-14-9-8-13-27(28)34-20-10-15-29(34)31(36)25-11-6-5-7-12-25/h5-20,22-23,31H,21H2,1-4H3,(H,33,38). The number of nitrogens with zero attached hydrogens (tertiary/aromatic N) is 3. The van der Waals surface area contributed by atoms with E-state index in [0.29, 0.717) is 11.6 Å². The van der Waals surface area contributed by atoms with Crippen LogP contribution in [0.3, 0.4) is 0 Å². The largest absolute Gasteiger partial charge is 0.322 e. The summed E-state index contributed by atoms with van der Waals surface area (Å²) in [5.74, 6) is 0.272. The molecule has 4 aromatic rings. The van der Waals surface area contributed by atoms with Gasteiger partial charge in [0.25, 0.3) is 0 Å². The van der Waals surface area contributed by atoms with Gasteiger partial charge in [0, 0.05) is 17.9 Å². The minimum absolute atomic E-state index is 0.0496. The maximum Gasteiger partial charge on any atom is 0.322 e. The third kappa shape index (κ3) is 4.82. The van der Waals surface area contributed by atoms with Gasteiger partial charge in [0.05, 0.1) is 17.1 Å². The van der Waals surface area contributed by atoms with Gasteiger partial charge in [-0.05, 0) is 67.3 Å². The SMILES string of the molecule is CC(C)c1ccc(NC(=O)N(CC(=O)N2c3ccccc3-n3cccc3C2c2ccccc2)C(C)C)cc1. The Hall–Kier alpha value is -4.32. The van der Waals surface area contributed by atoms with Crippen LogP contribution in [0.5, 0.6) is 0 Å². The summed E-state index contributed by atoms with van der Waals surface area (Å²) in [6.45, 7) is 8.08. The van der Waals surface area contributed by atoms with Crippen LogP contribution in [0.1, 0.15) is 56.5 Å². The molecule has 1 aliphatic heterocycles. The Balaban J connectivity index is 1.46. The molecule has 0 fully saturated rings. The van der Waals surface area contributed by atoms with Gasteiger partial charge in [-0.2, -0.15) is 0 Å². The number of rotatable bonds is 6. The maximum absolute atomic E-state index is 14.2. The first-order chi connectivity index (χ1) is 18.3. The van der Waals surface area contributed by atoms with Crippen LogP contribution in [0.4, 0.5) is 16.2 Å². The van der Waals surface area contributed by atoms with Gasteiger partial charge in [0.2, 0.25) is 5.91 Å². The van der Waals surface area contributed by atoms with Crippen molar-refractivity contribution in [3.05, 3.63) is 114 Å². The monoisotopic (exact) mass is 506 g/mol. The number of para-hydroxylation sites is 2. The van der Waals surface area contributed by atoms with Gasteiger partial charge in [-0.1, -0.05) is 68.4 Å². The number of aromatic nitrogens is 1. The summed E-state index contributed by atoms with van der Waals surface area (Å²) < 4.78 is 2.14. The highest BCUT2D eigenvalue weighted by Crippen LogP contribution is 2.42. The first kappa shape index (κ1) is 25.3. The van der Waals surface area contributed by atoms with E-state index < -0.39 is 0 Å². The van der Waals surface area contributed by atoms with Crippen LogP contribution in [-0.4, -0.2) is 34.0 Å². The second-order valence-corrected chi connectivity index (χ2v) is 10.3. The lowest BCUT2D eigenvalue weighted by Gasteiger charge is -2.40. The van der Waals surface area contributed by atoms with Crippen molar-refractivity contribution in [2.75, 3.05) is 16.8 Å². The van der Waals surface area contributed by atoms with Gasteiger partial charge in [-0.3, -0.25) is 9.69 Å². The van der Waals surface area contributed by atoms with Crippen molar-refractivity contribution in [3.8, 4) is 5.69 Å². The topological polar surface area (TPSA) is 57.6 Å². The van der Waals surface area contributed by atoms with E-state index in [1.165, 1.54) is 5.56 Å². The first-order valence-corrected chi connectivity index (χ1v) is 13.2. The van der Waals surface area contributed by atoms with Crippen molar-refractivity contribution >= 4 is 23.3 Å². The number of hydrogen-bond donors (Lipinski definition) is 1. The highest BCUT2D eigenvalue weighted by atomic mass is 16.2. The van der Waals surface area contributed by atoms with Crippen LogP contribution in [0.15, 0.2) is 97.2 Å². The summed E-state index contributed by atoms with van der Waals surface area (Å²) in [7, 11) is 0. The van der Waals surface area contributed by atoms with Crippen molar-refractivity contribution < 1.29 is 9.59 Å². The molecule has 1 N–H and O–H groups in total. The molecule has 2 heterocycles. The Morgan fingerprint density at radius 2 is 1.47 bits per heavy atom. The zero-order chi connectivity index (χ0) is 26.8. The quantitative estimate of drug-likeness (QED) is 0.307. The summed E-state index contributed by atoms with van der Waals surface area (Å²) >= 11 is 0. The average Bonchev–Trinajstić information content (AvgIpc) is 3.41. The van der Waals surface area contributed by atoms with E-state index in [-0.39, 0.29) is 30.6 Å². The normalized spacial score (nSPS) is 14.3. The Kier molecular flexibility index (Phi) is 7.05. The average molecular weight is 507 g/mol. The van der Waals surface area contributed by atoms with Crippen LogP contribution in [0, 0.1) is 0 Å². The number of amides is 3. The molecular weight excluding hydrogens is 472 g/mol. The number of fused-ring (bicyclic) bond motifs is 3. The first-order valence-electron chi connectivity index (χ1n) is 13.2. The molecule has 1 aromatic heterocycles. The lowest BCUT2D eigenvalue weighted by Crippen LogP contribution is -2.49. The number of anilines is 2. The number of hydrogen-bond acceptors (Lipinski definition) is 2. The Bertz CT molecular complexity index is 1420. The molecule has 0 spiro atoms. The second-order valence-electron chi connectivity index (χ2n) is 10.3. The van der Waals surface area contributed by atoms with Gasteiger partial charge < -0.3 is 14.8 Å². The van der Waals surface area contributed by atoms with Crippen molar-refractivity contribution in [2.45, 2.75) is 45.7 Å². The van der Waals surface area contributed by atoms with Gasteiger partial charge in [-0.15, -0.1) is 0 Å². The van der Waals surface area contributed by atoms with E-state index in [4.69, 9.17) is 0 Å². The minimum atomic E-state index is -0.311. The molecule has 5 rings (SSSR count). The molecule has 6 nitrogen and oxygen atoms in total. The molecule has 0 bridgehead atoms. The minimum Gasteiger partial charge on any atom is -0.316 e. The Labute approximate surface area is 224 Å². The van der Waals surface area contributed by atoms with Crippen LogP contribution < -0.4 is 10.2 Å². The van der Waals surface area contributed by atoms with Crippen molar-refractivity contribution in [3.63, 3.8) is 0 Å². The zero-order valence-electron chi connectivity index (χ0n) is 22.3. The van der Waals surface area contributed by atoms with Gasteiger partial charge in [-0.25, -0.2) is 4.79 Å². The fraction of sp³-hybridized carbons (Fsp3) is 0.250. The molecule has 0 saturated heterocycles. The highest BCUT2D eigenvalue weighted by Gasteiger charge is 2.37. The van der Waals surface area contributed by atoms with E-state index in [0.717, 1.165) is 22.6 Å². The number of carbonyl (C=O) groups excluding carboxylic acids is 2. The number of urea groups is 1. The molecule has 1 atom stereocenters. The number of nitrogens with one attached hydrogen (secondary N) is 1. The van der Waals surface area contributed by atoms with E-state index in [2.05, 4.69) is 29.8 Å². The summed E-state index contributed by atoms with van der Waals surface area (Å²) in [6.07, 6.45) is 2.03. The Morgan fingerprint density at radius 3 is 2.13 bits per heavy atom. The molecule has 194 valence electrons. The smallest absolute Gasteiger partial charge is 0.316 e. The van der Waals surface area contributed by atoms with Gasteiger partial charge in [0.1, 0.15) is 12.6 Å². The van der Waals surface area contributed by atoms with Crippen molar-refractivity contribution in [1.82, 2.24) is 9.47 Å². The van der Waals surface area contributed by atoms with E-state index >= 15 is 0 Å². The predicted molar refractivity (Wildman–Crippen MR) is 153 cm³/mol. The Morgan fingerprint density at radius 1 is 0.816 bits per heavy atom. The fourth-order valence-corrected chi connectivity index (χ4v) is 5.07. The summed E-state index contributed by atoms with van der Waals surface area (Å²) in [5.41, 5.74) is 5.71. The lowest BCUT2D eigenvalue weighted by atomic mass is 9.97. The molecule has 38 heavy (non-hydrogen) atoms. The molecule has 3 aromatic carbocycles. The van der Waals surface area contributed by atoms with Crippen LogP contribution >= 0.6 is 0 Å².